The highest BCUT2D eigenvalue weighted by molar-refractivity contribution is 6.04. The molecule has 2 aliphatic heterocycles. The maximum absolute atomic E-state index is 12.6. The predicted molar refractivity (Wildman–Crippen MR) is 85.9 cm³/mol. The number of ether oxygens (including phenoxy) is 1. The first kappa shape index (κ1) is 13.8. The Labute approximate surface area is 130 Å². The maximum atomic E-state index is 12.6. The monoisotopic (exact) mass is 298 g/mol. The second kappa shape index (κ2) is 5.13. The Morgan fingerprint density at radius 1 is 1.14 bits per heavy atom. The highest BCUT2D eigenvalue weighted by Gasteiger charge is 2.40. The first-order valence-electron chi connectivity index (χ1n) is 8.10. The average molecular weight is 298 g/mol. The molecule has 1 aromatic carbocycles. The van der Waals surface area contributed by atoms with Gasteiger partial charge in [0.15, 0.2) is 0 Å². The van der Waals surface area contributed by atoms with E-state index in [2.05, 4.69) is 11.9 Å². The van der Waals surface area contributed by atoms with E-state index in [0.717, 1.165) is 23.7 Å². The van der Waals surface area contributed by atoms with Gasteiger partial charge in [0, 0.05) is 49.1 Å². The molecule has 3 heterocycles. The Morgan fingerprint density at radius 3 is 2.55 bits per heavy atom. The number of fused-ring (bicyclic) bond motifs is 3. The number of piperidine rings is 1. The summed E-state index contributed by atoms with van der Waals surface area (Å²) < 4.78 is 7.84. The van der Waals surface area contributed by atoms with E-state index in [1.165, 1.54) is 12.8 Å². The van der Waals surface area contributed by atoms with Crippen LogP contribution in [0.3, 0.4) is 0 Å². The van der Waals surface area contributed by atoms with Crippen LogP contribution in [0, 0.1) is 0 Å². The number of nitrogens with zero attached hydrogens (tertiary/aromatic N) is 2. The predicted octanol–water partition coefficient (Wildman–Crippen LogP) is 2.96. The fourth-order valence-electron chi connectivity index (χ4n) is 4.18. The largest absolute Gasteiger partial charge is 0.459 e. The molecule has 0 amide bonds. The molecule has 2 aromatic rings. The summed E-state index contributed by atoms with van der Waals surface area (Å²) >= 11 is 0. The second-order valence-electron chi connectivity index (χ2n) is 6.72. The molecule has 116 valence electrons. The molecule has 2 bridgehead atoms. The molecule has 0 spiro atoms. The third-order valence-electron chi connectivity index (χ3n) is 5.45. The van der Waals surface area contributed by atoms with E-state index in [9.17, 15) is 4.79 Å². The number of rotatable bonds is 2. The Bertz CT molecular complexity index is 707. The van der Waals surface area contributed by atoms with Crippen molar-refractivity contribution in [3.63, 3.8) is 0 Å². The lowest BCUT2D eigenvalue weighted by atomic mass is 10.0. The average Bonchev–Trinajstić information content (AvgIpc) is 2.93. The van der Waals surface area contributed by atoms with E-state index in [1.807, 2.05) is 42.1 Å². The summed E-state index contributed by atoms with van der Waals surface area (Å²) in [4.78, 5) is 15.1. The highest BCUT2D eigenvalue weighted by Crippen LogP contribution is 2.36. The van der Waals surface area contributed by atoms with E-state index < -0.39 is 0 Å². The lowest BCUT2D eigenvalue weighted by Crippen LogP contribution is -2.43. The van der Waals surface area contributed by atoms with E-state index in [4.69, 9.17) is 4.74 Å². The SMILES string of the molecule is CN1C2CC[C@H]1CC(OC(=O)c1cn(C)c3ccccc13)C2. The Kier molecular flexibility index (Phi) is 3.22. The van der Waals surface area contributed by atoms with E-state index in [-0.39, 0.29) is 12.1 Å². The molecule has 0 saturated carbocycles. The smallest absolute Gasteiger partial charge is 0.340 e. The first-order chi connectivity index (χ1) is 10.6. The van der Waals surface area contributed by atoms with Crippen LogP contribution in [0.1, 0.15) is 36.0 Å². The van der Waals surface area contributed by atoms with Crippen molar-refractivity contribution in [3.8, 4) is 0 Å². The number of esters is 1. The van der Waals surface area contributed by atoms with Gasteiger partial charge in [0.2, 0.25) is 0 Å². The van der Waals surface area contributed by atoms with Crippen LogP contribution in [-0.4, -0.2) is 40.7 Å². The van der Waals surface area contributed by atoms with Crippen LogP contribution in [0.15, 0.2) is 30.5 Å². The van der Waals surface area contributed by atoms with Gasteiger partial charge in [-0.3, -0.25) is 0 Å². The van der Waals surface area contributed by atoms with Gasteiger partial charge >= 0.3 is 5.97 Å². The van der Waals surface area contributed by atoms with Crippen molar-refractivity contribution in [2.24, 2.45) is 7.05 Å². The molecule has 4 nitrogen and oxygen atoms in total. The summed E-state index contributed by atoms with van der Waals surface area (Å²) in [6, 6.07) is 9.15. The number of hydrogen-bond donors (Lipinski definition) is 0. The van der Waals surface area contributed by atoms with Crippen LogP contribution in [0.2, 0.25) is 0 Å². The van der Waals surface area contributed by atoms with Gasteiger partial charge in [-0.25, -0.2) is 4.79 Å². The van der Waals surface area contributed by atoms with Gasteiger partial charge in [-0.1, -0.05) is 18.2 Å². The number of aromatic nitrogens is 1. The molecule has 2 unspecified atom stereocenters. The molecule has 4 heteroatoms. The molecular weight excluding hydrogens is 276 g/mol. The van der Waals surface area contributed by atoms with Crippen molar-refractivity contribution >= 4 is 16.9 Å². The molecule has 2 aliphatic rings. The molecule has 4 rings (SSSR count). The second-order valence-corrected chi connectivity index (χ2v) is 6.72. The summed E-state index contributed by atoms with van der Waals surface area (Å²) in [5.74, 6) is -0.175. The zero-order valence-electron chi connectivity index (χ0n) is 13.2. The standard InChI is InChI=1S/C18H22N2O2/c1-19-11-16(15-5-3-4-6-17(15)19)18(21)22-14-9-12-7-8-13(10-14)20(12)2/h3-6,11-14H,7-10H2,1-2H3/t12-,13?,14?/m0/s1. The number of hydrogen-bond acceptors (Lipinski definition) is 3. The number of para-hydroxylation sites is 1. The van der Waals surface area contributed by atoms with Crippen molar-refractivity contribution in [2.45, 2.75) is 43.9 Å². The molecule has 1 aromatic heterocycles. The van der Waals surface area contributed by atoms with Gasteiger partial charge in [-0.05, 0) is 26.0 Å². The fraction of sp³-hybridized carbons (Fsp3) is 0.500. The van der Waals surface area contributed by atoms with Crippen LogP contribution >= 0.6 is 0 Å². The minimum Gasteiger partial charge on any atom is -0.459 e. The molecule has 0 aliphatic carbocycles. The van der Waals surface area contributed by atoms with E-state index in [0.29, 0.717) is 17.6 Å². The Hall–Kier alpha value is -1.81. The molecular formula is C18H22N2O2. The molecule has 0 radical (unpaired) electrons. The number of carbonyl (C=O) groups excluding carboxylic acids is 1. The van der Waals surface area contributed by atoms with Gasteiger partial charge in [0.25, 0.3) is 0 Å². The van der Waals surface area contributed by atoms with Crippen molar-refractivity contribution in [1.82, 2.24) is 9.47 Å². The molecule has 2 saturated heterocycles. The van der Waals surface area contributed by atoms with Crippen molar-refractivity contribution in [2.75, 3.05) is 7.05 Å². The molecule has 0 N–H and O–H groups in total. The first-order valence-corrected chi connectivity index (χ1v) is 8.10. The maximum Gasteiger partial charge on any atom is 0.340 e. The fourth-order valence-corrected chi connectivity index (χ4v) is 4.18. The van der Waals surface area contributed by atoms with E-state index in [1.54, 1.807) is 0 Å². The van der Waals surface area contributed by atoms with Crippen molar-refractivity contribution < 1.29 is 9.53 Å². The Balaban J connectivity index is 1.55. The Morgan fingerprint density at radius 2 is 1.82 bits per heavy atom. The topological polar surface area (TPSA) is 34.5 Å². The number of carbonyl (C=O) groups is 1. The molecule has 22 heavy (non-hydrogen) atoms. The van der Waals surface area contributed by atoms with Gasteiger partial charge in [0.05, 0.1) is 5.56 Å². The summed E-state index contributed by atoms with van der Waals surface area (Å²) in [6.07, 6.45) is 6.39. The lowest BCUT2D eigenvalue weighted by Gasteiger charge is -2.35. The summed E-state index contributed by atoms with van der Waals surface area (Å²) in [6.45, 7) is 0. The number of benzene rings is 1. The summed E-state index contributed by atoms with van der Waals surface area (Å²) in [5.41, 5.74) is 1.75. The van der Waals surface area contributed by atoms with Gasteiger partial charge < -0.3 is 14.2 Å². The number of aryl methyl sites for hydroxylation is 1. The van der Waals surface area contributed by atoms with Gasteiger partial charge in [-0.2, -0.15) is 0 Å². The minimum atomic E-state index is -0.175. The molecule has 3 atom stereocenters. The van der Waals surface area contributed by atoms with E-state index >= 15 is 0 Å². The van der Waals surface area contributed by atoms with Crippen LogP contribution in [-0.2, 0) is 11.8 Å². The summed E-state index contributed by atoms with van der Waals surface area (Å²) in [5, 5.41) is 0.978. The van der Waals surface area contributed by atoms with Crippen molar-refractivity contribution in [3.05, 3.63) is 36.0 Å². The lowest BCUT2D eigenvalue weighted by molar-refractivity contribution is -0.000279. The highest BCUT2D eigenvalue weighted by atomic mass is 16.5. The summed E-state index contributed by atoms with van der Waals surface area (Å²) in [7, 11) is 4.17. The third kappa shape index (κ3) is 2.13. The normalized spacial score (nSPS) is 28.2. The zero-order valence-corrected chi connectivity index (χ0v) is 13.2. The van der Waals surface area contributed by atoms with Crippen LogP contribution in [0.5, 0.6) is 0 Å². The van der Waals surface area contributed by atoms with Crippen molar-refractivity contribution in [1.29, 1.82) is 0 Å². The third-order valence-corrected chi connectivity index (χ3v) is 5.45. The molecule has 2 fully saturated rings. The minimum absolute atomic E-state index is 0.0696. The van der Waals surface area contributed by atoms with Crippen LogP contribution in [0.4, 0.5) is 0 Å². The van der Waals surface area contributed by atoms with Crippen LogP contribution in [0.25, 0.3) is 10.9 Å². The zero-order chi connectivity index (χ0) is 15.3. The van der Waals surface area contributed by atoms with Crippen LogP contribution < -0.4 is 0 Å². The van der Waals surface area contributed by atoms with Gasteiger partial charge in [-0.15, -0.1) is 0 Å². The van der Waals surface area contributed by atoms with Gasteiger partial charge in [0.1, 0.15) is 6.10 Å². The quantitative estimate of drug-likeness (QED) is 0.800.